The van der Waals surface area contributed by atoms with Gasteiger partial charge in [-0.3, -0.25) is 0 Å². The lowest BCUT2D eigenvalue weighted by atomic mass is 10.5. The van der Waals surface area contributed by atoms with Crippen LogP contribution in [0.4, 0.5) is 0 Å². The van der Waals surface area contributed by atoms with E-state index in [0.29, 0.717) is 4.21 Å². The largest absolute Gasteiger partial charge is 0.252 e. The fourth-order valence-corrected chi connectivity index (χ4v) is 3.70. The second kappa shape index (κ2) is 4.75. The maximum absolute atomic E-state index is 11.9. The average molecular weight is 244 g/mol. The molecular weight excluding hydrogens is 232 g/mol. The van der Waals surface area contributed by atoms with E-state index in [1.54, 1.807) is 12.1 Å². The number of nitrogens with zero attached hydrogens (tertiary/aromatic N) is 2. The lowest BCUT2D eigenvalue weighted by Gasteiger charge is -2.13. The van der Waals surface area contributed by atoms with E-state index >= 15 is 0 Å². The maximum atomic E-state index is 11.9. The van der Waals surface area contributed by atoms with E-state index < -0.39 is 10.0 Å². The van der Waals surface area contributed by atoms with Crippen molar-refractivity contribution in [1.82, 2.24) is 4.31 Å². The fraction of sp³-hybridized carbons (Fsp3) is 0.444. The Labute approximate surface area is 93.8 Å². The van der Waals surface area contributed by atoms with Gasteiger partial charge in [-0.05, 0) is 19.1 Å². The number of sulfonamides is 1. The van der Waals surface area contributed by atoms with Crippen LogP contribution >= 0.6 is 11.3 Å². The quantitative estimate of drug-likeness (QED) is 0.808. The summed E-state index contributed by atoms with van der Waals surface area (Å²) in [4.78, 5) is 0.960. The SMILES string of the molecule is Cc1ccc(S(=O)(=O)N(C)CCC#N)s1. The minimum absolute atomic E-state index is 0.208. The van der Waals surface area contributed by atoms with Crippen LogP contribution in [0.3, 0.4) is 0 Å². The molecule has 0 aliphatic rings. The van der Waals surface area contributed by atoms with Gasteiger partial charge in [0.1, 0.15) is 4.21 Å². The predicted octanol–water partition coefficient (Wildman–Crippen LogP) is 1.59. The molecule has 1 rings (SSSR count). The number of aryl methyl sites for hydroxylation is 1. The molecule has 0 fully saturated rings. The molecule has 0 N–H and O–H groups in total. The van der Waals surface area contributed by atoms with Crippen molar-refractivity contribution in [3.8, 4) is 6.07 Å². The zero-order valence-corrected chi connectivity index (χ0v) is 10.2. The first kappa shape index (κ1) is 12.2. The van der Waals surface area contributed by atoms with E-state index in [1.807, 2.05) is 13.0 Å². The van der Waals surface area contributed by atoms with E-state index in [1.165, 1.54) is 22.7 Å². The van der Waals surface area contributed by atoms with E-state index in [9.17, 15) is 8.42 Å². The number of hydrogen-bond donors (Lipinski definition) is 0. The Kier molecular flexibility index (Phi) is 3.85. The molecule has 0 spiro atoms. The topological polar surface area (TPSA) is 61.2 Å². The molecule has 0 aliphatic carbocycles. The summed E-state index contributed by atoms with van der Waals surface area (Å²) >= 11 is 1.24. The van der Waals surface area contributed by atoms with Crippen molar-refractivity contribution < 1.29 is 8.42 Å². The molecule has 0 unspecified atom stereocenters. The maximum Gasteiger partial charge on any atom is 0.252 e. The molecule has 0 saturated heterocycles. The first-order valence-electron chi connectivity index (χ1n) is 4.38. The van der Waals surface area contributed by atoms with Gasteiger partial charge >= 0.3 is 0 Å². The van der Waals surface area contributed by atoms with Crippen LogP contribution in [-0.4, -0.2) is 26.3 Å². The van der Waals surface area contributed by atoms with Crippen LogP contribution in [0.5, 0.6) is 0 Å². The third-order valence-corrected chi connectivity index (χ3v) is 5.24. The monoisotopic (exact) mass is 244 g/mol. The second-order valence-corrected chi connectivity index (χ2v) is 6.66. The van der Waals surface area contributed by atoms with Gasteiger partial charge in [-0.1, -0.05) is 0 Å². The van der Waals surface area contributed by atoms with Crippen molar-refractivity contribution in [3.05, 3.63) is 17.0 Å². The Hall–Kier alpha value is -0.900. The molecule has 0 aliphatic heterocycles. The summed E-state index contributed by atoms with van der Waals surface area (Å²) in [5.74, 6) is 0. The molecule has 0 radical (unpaired) electrons. The van der Waals surface area contributed by atoms with Crippen molar-refractivity contribution in [1.29, 1.82) is 5.26 Å². The Morgan fingerprint density at radius 2 is 2.20 bits per heavy atom. The molecule has 0 saturated carbocycles. The zero-order valence-electron chi connectivity index (χ0n) is 8.60. The average Bonchev–Trinajstić information content (AvgIpc) is 2.61. The Balaban J connectivity index is 2.89. The zero-order chi connectivity index (χ0) is 11.5. The lowest BCUT2D eigenvalue weighted by Crippen LogP contribution is -2.27. The Bertz CT molecular complexity index is 471. The van der Waals surface area contributed by atoms with Crippen molar-refractivity contribution in [3.63, 3.8) is 0 Å². The summed E-state index contributed by atoms with van der Waals surface area (Å²) in [6, 6.07) is 5.29. The van der Waals surface area contributed by atoms with Gasteiger partial charge in [-0.15, -0.1) is 11.3 Å². The highest BCUT2D eigenvalue weighted by Crippen LogP contribution is 2.23. The van der Waals surface area contributed by atoms with Crippen molar-refractivity contribution in [2.45, 2.75) is 17.6 Å². The summed E-state index contributed by atoms with van der Waals surface area (Å²) in [5, 5.41) is 8.39. The van der Waals surface area contributed by atoms with Crippen LogP contribution in [0, 0.1) is 18.3 Å². The number of rotatable bonds is 4. The molecule has 4 nitrogen and oxygen atoms in total. The van der Waals surface area contributed by atoms with E-state index in [2.05, 4.69) is 0 Å². The molecule has 1 aromatic rings. The van der Waals surface area contributed by atoms with Gasteiger partial charge < -0.3 is 0 Å². The molecule has 1 aromatic heterocycles. The molecule has 0 amide bonds. The van der Waals surface area contributed by atoms with Gasteiger partial charge in [0.05, 0.1) is 6.07 Å². The number of nitriles is 1. The van der Waals surface area contributed by atoms with Crippen molar-refractivity contribution >= 4 is 21.4 Å². The Morgan fingerprint density at radius 1 is 1.53 bits per heavy atom. The van der Waals surface area contributed by atoms with Crippen molar-refractivity contribution in [2.75, 3.05) is 13.6 Å². The van der Waals surface area contributed by atoms with Gasteiger partial charge in [-0.25, -0.2) is 8.42 Å². The highest BCUT2D eigenvalue weighted by atomic mass is 32.2. The van der Waals surface area contributed by atoms with Crippen LogP contribution in [0.25, 0.3) is 0 Å². The second-order valence-electron chi connectivity index (χ2n) is 3.10. The standard InChI is InChI=1S/C9H12N2O2S2/c1-8-4-5-9(14-8)15(12,13)11(2)7-3-6-10/h4-5H,3,7H2,1-2H3. The molecule has 0 bridgehead atoms. The molecule has 0 aromatic carbocycles. The smallest absolute Gasteiger partial charge is 0.206 e. The summed E-state index contributed by atoms with van der Waals surface area (Å²) in [5.41, 5.74) is 0. The lowest BCUT2D eigenvalue weighted by molar-refractivity contribution is 0.478. The number of thiophene rings is 1. The normalized spacial score (nSPS) is 11.6. The van der Waals surface area contributed by atoms with Gasteiger partial charge in [0, 0.05) is 24.9 Å². The predicted molar refractivity (Wildman–Crippen MR) is 59.1 cm³/mol. The van der Waals surface area contributed by atoms with E-state index in [0.717, 1.165) is 4.88 Å². The molecule has 6 heteroatoms. The van der Waals surface area contributed by atoms with Gasteiger partial charge in [0.2, 0.25) is 0 Å². The highest BCUT2D eigenvalue weighted by Gasteiger charge is 2.21. The molecule has 0 atom stereocenters. The van der Waals surface area contributed by atoms with Crippen LogP contribution in [0.2, 0.25) is 0 Å². The van der Waals surface area contributed by atoms with Crippen LogP contribution < -0.4 is 0 Å². The summed E-state index contributed by atoms with van der Waals surface area (Å²) in [7, 11) is -1.90. The van der Waals surface area contributed by atoms with E-state index in [-0.39, 0.29) is 13.0 Å². The van der Waals surface area contributed by atoms with Crippen LogP contribution in [-0.2, 0) is 10.0 Å². The fourth-order valence-electron chi connectivity index (χ4n) is 1.03. The third kappa shape index (κ3) is 2.78. The molecule has 15 heavy (non-hydrogen) atoms. The van der Waals surface area contributed by atoms with Gasteiger partial charge in [0.25, 0.3) is 10.0 Å². The van der Waals surface area contributed by atoms with Crippen LogP contribution in [0.1, 0.15) is 11.3 Å². The summed E-state index contributed by atoms with van der Waals surface area (Å²) < 4.78 is 25.3. The summed E-state index contributed by atoms with van der Waals surface area (Å²) in [6.45, 7) is 2.09. The first-order chi connectivity index (χ1) is 6.98. The first-order valence-corrected chi connectivity index (χ1v) is 6.64. The molecule has 1 heterocycles. The van der Waals surface area contributed by atoms with Crippen LogP contribution in [0.15, 0.2) is 16.3 Å². The van der Waals surface area contributed by atoms with Crippen molar-refractivity contribution in [2.24, 2.45) is 0 Å². The molecular formula is C9H12N2O2S2. The summed E-state index contributed by atoms with van der Waals surface area (Å²) in [6.07, 6.45) is 0.208. The minimum atomic E-state index is -3.39. The number of hydrogen-bond acceptors (Lipinski definition) is 4. The van der Waals surface area contributed by atoms with Gasteiger partial charge in [-0.2, -0.15) is 9.57 Å². The Morgan fingerprint density at radius 3 is 2.67 bits per heavy atom. The third-order valence-electron chi connectivity index (χ3n) is 1.92. The highest BCUT2D eigenvalue weighted by molar-refractivity contribution is 7.91. The van der Waals surface area contributed by atoms with Gasteiger partial charge in [0.15, 0.2) is 0 Å². The minimum Gasteiger partial charge on any atom is -0.206 e. The molecule has 82 valence electrons. The van der Waals surface area contributed by atoms with E-state index in [4.69, 9.17) is 5.26 Å².